The monoisotopic (exact) mass is 227 g/mol. The summed E-state index contributed by atoms with van der Waals surface area (Å²) >= 11 is 5.95. The average Bonchev–Trinajstić information content (AvgIpc) is 3.04. The molecule has 0 bridgehead atoms. The first-order chi connectivity index (χ1) is 7.31. The number of hydrogen-bond donors (Lipinski definition) is 0. The van der Waals surface area contributed by atoms with Crippen molar-refractivity contribution in [3.05, 3.63) is 0 Å². The van der Waals surface area contributed by atoms with Crippen molar-refractivity contribution >= 4 is 11.6 Å². The molecule has 2 saturated carbocycles. The second-order valence-corrected chi connectivity index (χ2v) is 6.36. The Morgan fingerprint density at radius 1 is 1.07 bits per heavy atom. The second kappa shape index (κ2) is 3.92. The molecule has 1 nitrogen and oxygen atoms in total. The fourth-order valence-corrected chi connectivity index (χ4v) is 3.88. The van der Waals surface area contributed by atoms with E-state index in [1.807, 2.05) is 0 Å². The molecule has 3 aliphatic rings. The van der Waals surface area contributed by atoms with Crippen LogP contribution in [0.2, 0.25) is 0 Å². The van der Waals surface area contributed by atoms with E-state index in [0.717, 1.165) is 17.8 Å². The molecule has 0 aromatic heterocycles. The van der Waals surface area contributed by atoms with Crippen molar-refractivity contribution in [2.75, 3.05) is 19.0 Å². The van der Waals surface area contributed by atoms with Gasteiger partial charge in [-0.1, -0.05) is 0 Å². The molecule has 0 unspecified atom stereocenters. The van der Waals surface area contributed by atoms with E-state index in [-0.39, 0.29) is 0 Å². The SMILES string of the molecule is ClCC1CCC2(CC1)CCN(C1CC1)C2. The summed E-state index contributed by atoms with van der Waals surface area (Å²) in [6, 6.07) is 0.982. The van der Waals surface area contributed by atoms with Gasteiger partial charge in [0.15, 0.2) is 0 Å². The van der Waals surface area contributed by atoms with Crippen molar-refractivity contribution in [1.29, 1.82) is 0 Å². The molecule has 1 heterocycles. The third-order valence-electron chi connectivity index (χ3n) is 4.92. The lowest BCUT2D eigenvalue weighted by molar-refractivity contribution is 0.156. The summed E-state index contributed by atoms with van der Waals surface area (Å²) in [5.74, 6) is 1.72. The van der Waals surface area contributed by atoms with Crippen LogP contribution in [-0.2, 0) is 0 Å². The minimum atomic E-state index is 0.713. The summed E-state index contributed by atoms with van der Waals surface area (Å²) in [5, 5.41) is 0. The van der Waals surface area contributed by atoms with Crippen molar-refractivity contribution in [3.63, 3.8) is 0 Å². The van der Waals surface area contributed by atoms with Gasteiger partial charge in [0.1, 0.15) is 0 Å². The summed E-state index contributed by atoms with van der Waals surface area (Å²) < 4.78 is 0. The van der Waals surface area contributed by atoms with Gasteiger partial charge >= 0.3 is 0 Å². The average molecular weight is 228 g/mol. The Morgan fingerprint density at radius 3 is 2.40 bits per heavy atom. The van der Waals surface area contributed by atoms with Crippen LogP contribution in [0.15, 0.2) is 0 Å². The molecule has 2 heteroatoms. The van der Waals surface area contributed by atoms with Crippen LogP contribution in [0.25, 0.3) is 0 Å². The van der Waals surface area contributed by atoms with Gasteiger partial charge < -0.3 is 0 Å². The highest BCUT2D eigenvalue weighted by atomic mass is 35.5. The minimum absolute atomic E-state index is 0.713. The van der Waals surface area contributed by atoms with Gasteiger partial charge in [-0.05, 0) is 62.8 Å². The van der Waals surface area contributed by atoms with Crippen LogP contribution in [0.4, 0.5) is 0 Å². The molecule has 3 rings (SSSR count). The molecule has 0 N–H and O–H groups in total. The molecule has 86 valence electrons. The molecular formula is C13H22ClN. The summed E-state index contributed by atoms with van der Waals surface area (Å²) in [5.41, 5.74) is 0.713. The number of hydrogen-bond acceptors (Lipinski definition) is 1. The lowest BCUT2D eigenvalue weighted by Crippen LogP contribution is -2.32. The highest BCUT2D eigenvalue weighted by Gasteiger charge is 2.44. The van der Waals surface area contributed by atoms with E-state index in [9.17, 15) is 0 Å². The summed E-state index contributed by atoms with van der Waals surface area (Å²) in [4.78, 5) is 2.76. The Kier molecular flexibility index (Phi) is 2.72. The van der Waals surface area contributed by atoms with E-state index in [0.29, 0.717) is 5.41 Å². The van der Waals surface area contributed by atoms with Crippen LogP contribution in [0.1, 0.15) is 44.9 Å². The highest BCUT2D eigenvalue weighted by Crippen LogP contribution is 2.47. The van der Waals surface area contributed by atoms with Gasteiger partial charge in [-0.3, -0.25) is 4.90 Å². The molecule has 0 aromatic carbocycles. The second-order valence-electron chi connectivity index (χ2n) is 6.05. The molecule has 1 aliphatic heterocycles. The smallest absolute Gasteiger partial charge is 0.0251 e. The van der Waals surface area contributed by atoms with Crippen molar-refractivity contribution in [2.24, 2.45) is 11.3 Å². The van der Waals surface area contributed by atoms with Gasteiger partial charge in [0.25, 0.3) is 0 Å². The first kappa shape index (κ1) is 10.4. The predicted octanol–water partition coefficient (Wildman–Crippen LogP) is 3.27. The van der Waals surface area contributed by atoms with E-state index in [1.54, 1.807) is 0 Å². The van der Waals surface area contributed by atoms with E-state index in [1.165, 1.54) is 58.0 Å². The maximum absolute atomic E-state index is 5.95. The molecule has 3 fully saturated rings. The van der Waals surface area contributed by atoms with Crippen LogP contribution in [0.5, 0.6) is 0 Å². The van der Waals surface area contributed by atoms with E-state index >= 15 is 0 Å². The Balaban J connectivity index is 1.57. The number of alkyl halides is 1. The fourth-order valence-electron chi connectivity index (χ4n) is 3.57. The van der Waals surface area contributed by atoms with Crippen molar-refractivity contribution in [3.8, 4) is 0 Å². The fraction of sp³-hybridized carbons (Fsp3) is 1.00. The molecular weight excluding hydrogens is 206 g/mol. The maximum atomic E-state index is 5.95. The van der Waals surface area contributed by atoms with Crippen LogP contribution in [0, 0.1) is 11.3 Å². The lowest BCUT2D eigenvalue weighted by Gasteiger charge is -2.36. The quantitative estimate of drug-likeness (QED) is 0.655. The highest BCUT2D eigenvalue weighted by molar-refractivity contribution is 6.18. The first-order valence-corrected chi connectivity index (χ1v) is 7.15. The predicted molar refractivity (Wildman–Crippen MR) is 64.3 cm³/mol. The Hall–Kier alpha value is 0.250. The maximum Gasteiger partial charge on any atom is 0.0251 e. The lowest BCUT2D eigenvalue weighted by atomic mass is 9.70. The number of rotatable bonds is 2. The molecule has 1 saturated heterocycles. The number of halogens is 1. The molecule has 0 atom stereocenters. The van der Waals surface area contributed by atoms with Crippen molar-refractivity contribution < 1.29 is 0 Å². The summed E-state index contributed by atoms with van der Waals surface area (Å²) in [6.07, 6.45) is 10.1. The standard InChI is InChI=1S/C13H22ClN/c14-9-11-3-5-13(6-4-11)7-8-15(10-13)12-1-2-12/h11-12H,1-10H2. The van der Waals surface area contributed by atoms with Crippen molar-refractivity contribution in [2.45, 2.75) is 51.0 Å². The van der Waals surface area contributed by atoms with E-state index in [2.05, 4.69) is 4.90 Å². The zero-order valence-corrected chi connectivity index (χ0v) is 10.3. The van der Waals surface area contributed by atoms with Gasteiger partial charge in [-0.25, -0.2) is 0 Å². The zero-order valence-electron chi connectivity index (χ0n) is 9.55. The van der Waals surface area contributed by atoms with Gasteiger partial charge in [-0.2, -0.15) is 0 Å². The van der Waals surface area contributed by atoms with Crippen LogP contribution < -0.4 is 0 Å². The topological polar surface area (TPSA) is 3.24 Å². The molecule has 2 aliphatic carbocycles. The van der Waals surface area contributed by atoms with Crippen LogP contribution >= 0.6 is 11.6 Å². The first-order valence-electron chi connectivity index (χ1n) is 6.61. The van der Waals surface area contributed by atoms with Gasteiger partial charge in [0.05, 0.1) is 0 Å². The van der Waals surface area contributed by atoms with E-state index in [4.69, 9.17) is 11.6 Å². The molecule has 15 heavy (non-hydrogen) atoms. The third-order valence-corrected chi connectivity index (χ3v) is 5.35. The summed E-state index contributed by atoms with van der Waals surface area (Å²) in [7, 11) is 0. The largest absolute Gasteiger partial charge is 0.300 e. The molecule has 0 aromatic rings. The molecule has 0 amide bonds. The zero-order chi connectivity index (χ0) is 10.3. The Morgan fingerprint density at radius 2 is 1.80 bits per heavy atom. The minimum Gasteiger partial charge on any atom is -0.300 e. The normalized spacial score (nSPS) is 42.6. The van der Waals surface area contributed by atoms with Crippen LogP contribution in [-0.4, -0.2) is 29.9 Å². The molecule has 1 spiro atoms. The molecule has 0 radical (unpaired) electrons. The Bertz CT molecular complexity index is 229. The van der Waals surface area contributed by atoms with Gasteiger partial charge in [0.2, 0.25) is 0 Å². The van der Waals surface area contributed by atoms with Crippen LogP contribution in [0.3, 0.4) is 0 Å². The van der Waals surface area contributed by atoms with E-state index < -0.39 is 0 Å². The van der Waals surface area contributed by atoms with Gasteiger partial charge in [0, 0.05) is 18.5 Å². The number of likely N-dealkylation sites (tertiary alicyclic amines) is 1. The Labute approximate surface area is 98.2 Å². The third kappa shape index (κ3) is 2.06. The number of nitrogens with zero attached hydrogens (tertiary/aromatic N) is 1. The van der Waals surface area contributed by atoms with Gasteiger partial charge in [-0.15, -0.1) is 11.6 Å². The van der Waals surface area contributed by atoms with Crippen molar-refractivity contribution in [1.82, 2.24) is 4.90 Å². The summed E-state index contributed by atoms with van der Waals surface area (Å²) in [6.45, 7) is 2.79.